The predicted molar refractivity (Wildman–Crippen MR) is 100 cm³/mol. The van der Waals surface area contributed by atoms with E-state index in [1.54, 1.807) is 12.4 Å². The maximum atomic E-state index is 12.8. The highest BCUT2D eigenvalue weighted by Crippen LogP contribution is 2.38. The molecule has 27 heavy (non-hydrogen) atoms. The van der Waals surface area contributed by atoms with Gasteiger partial charge in [0.05, 0.1) is 16.7 Å². The Balaban J connectivity index is 1.20. The summed E-state index contributed by atoms with van der Waals surface area (Å²) in [7, 11) is 0. The second-order valence-electron chi connectivity index (χ2n) is 7.64. The second-order valence-corrected chi connectivity index (χ2v) is 7.64. The Bertz CT molecular complexity index is 971. The minimum absolute atomic E-state index is 0.0813. The third kappa shape index (κ3) is 3.41. The smallest absolute Gasteiger partial charge is 0.253 e. The van der Waals surface area contributed by atoms with Crippen molar-refractivity contribution in [3.63, 3.8) is 0 Å². The average Bonchev–Trinajstić information content (AvgIpc) is 3.47. The molecule has 0 spiro atoms. The quantitative estimate of drug-likeness (QED) is 0.713. The largest absolute Gasteiger partial charge is 0.339 e. The number of fused-ring (bicyclic) bond motifs is 1. The van der Waals surface area contributed by atoms with E-state index in [9.17, 15) is 4.79 Å². The first kappa shape index (κ1) is 16.4. The van der Waals surface area contributed by atoms with Gasteiger partial charge in [0.15, 0.2) is 0 Å². The molecule has 0 radical (unpaired) electrons. The van der Waals surface area contributed by atoms with E-state index in [4.69, 9.17) is 0 Å². The number of piperidine rings is 1. The molecule has 5 rings (SSSR count). The number of nitrogens with zero attached hydrogens (tertiary/aromatic N) is 6. The number of likely N-dealkylation sites (tertiary alicyclic amines) is 1. The number of hydrogen-bond donors (Lipinski definition) is 0. The monoisotopic (exact) mass is 362 g/mol. The highest BCUT2D eigenvalue weighted by Gasteiger charge is 2.28. The summed E-state index contributed by atoms with van der Waals surface area (Å²) >= 11 is 0. The van der Waals surface area contributed by atoms with Gasteiger partial charge in [-0.25, -0.2) is 0 Å². The van der Waals surface area contributed by atoms with Crippen molar-refractivity contribution in [2.75, 3.05) is 13.1 Å². The van der Waals surface area contributed by atoms with Gasteiger partial charge in [-0.05, 0) is 49.8 Å². The summed E-state index contributed by atoms with van der Waals surface area (Å²) in [5, 5.41) is 8.56. The van der Waals surface area contributed by atoms with E-state index in [0.717, 1.165) is 49.2 Å². The molecule has 2 fully saturated rings. The Labute approximate surface area is 157 Å². The van der Waals surface area contributed by atoms with Gasteiger partial charge >= 0.3 is 0 Å². The summed E-state index contributed by atoms with van der Waals surface area (Å²) in [5.41, 5.74) is 3.40. The van der Waals surface area contributed by atoms with E-state index in [0.29, 0.717) is 17.4 Å². The predicted octanol–water partition coefficient (Wildman–Crippen LogP) is 2.65. The second kappa shape index (κ2) is 6.72. The Morgan fingerprint density at radius 2 is 1.81 bits per heavy atom. The van der Waals surface area contributed by atoms with Gasteiger partial charge < -0.3 is 4.90 Å². The molecule has 1 amide bonds. The first-order valence-corrected chi connectivity index (χ1v) is 9.66. The van der Waals surface area contributed by atoms with E-state index in [1.807, 2.05) is 27.8 Å². The molecule has 0 unspecified atom stereocenters. The molecular weight excluding hydrogens is 340 g/mol. The van der Waals surface area contributed by atoms with Crippen LogP contribution >= 0.6 is 0 Å². The first-order valence-electron chi connectivity index (χ1n) is 9.66. The fraction of sp³-hybridized carbons (Fsp3) is 0.450. The normalized spacial score (nSPS) is 18.1. The summed E-state index contributed by atoms with van der Waals surface area (Å²) in [6, 6.07) is 5.55. The summed E-state index contributed by atoms with van der Waals surface area (Å²) in [6.45, 7) is 2.46. The third-order valence-electron chi connectivity index (χ3n) is 5.62. The molecule has 138 valence electrons. The number of amides is 1. The molecule has 1 aliphatic heterocycles. The van der Waals surface area contributed by atoms with E-state index in [1.165, 1.54) is 12.8 Å². The van der Waals surface area contributed by atoms with Crippen LogP contribution in [0.3, 0.4) is 0 Å². The van der Waals surface area contributed by atoms with Crippen LogP contribution in [0.1, 0.15) is 47.7 Å². The molecule has 1 saturated carbocycles. The molecular formula is C20H22N6O. The SMILES string of the molecule is O=C(c1ccc2nccnc2c1)N1CCC(Cn2cc(C3CC3)nn2)CC1. The number of carbonyl (C=O) groups is 1. The fourth-order valence-electron chi connectivity index (χ4n) is 3.83. The van der Waals surface area contributed by atoms with Crippen LogP contribution in [0.25, 0.3) is 11.0 Å². The maximum Gasteiger partial charge on any atom is 0.253 e. The number of carbonyl (C=O) groups excluding carboxylic acids is 1. The van der Waals surface area contributed by atoms with Crippen LogP contribution in [0, 0.1) is 5.92 Å². The van der Waals surface area contributed by atoms with Crippen molar-refractivity contribution < 1.29 is 4.79 Å². The van der Waals surface area contributed by atoms with Crippen molar-refractivity contribution >= 4 is 16.9 Å². The summed E-state index contributed by atoms with van der Waals surface area (Å²) in [6.07, 6.45) is 9.91. The molecule has 2 aromatic heterocycles. The zero-order valence-electron chi connectivity index (χ0n) is 15.2. The van der Waals surface area contributed by atoms with Gasteiger partial charge in [0, 0.05) is 49.7 Å². The lowest BCUT2D eigenvalue weighted by atomic mass is 9.96. The summed E-state index contributed by atoms with van der Waals surface area (Å²) in [4.78, 5) is 23.4. The lowest BCUT2D eigenvalue weighted by Gasteiger charge is -2.32. The zero-order chi connectivity index (χ0) is 18.2. The van der Waals surface area contributed by atoms with Gasteiger partial charge in [-0.15, -0.1) is 5.10 Å². The van der Waals surface area contributed by atoms with Crippen LogP contribution in [0.15, 0.2) is 36.8 Å². The lowest BCUT2D eigenvalue weighted by Crippen LogP contribution is -2.39. The molecule has 2 aliphatic rings. The molecule has 7 heteroatoms. The minimum atomic E-state index is 0.0813. The van der Waals surface area contributed by atoms with Crippen molar-refractivity contribution in [1.29, 1.82) is 0 Å². The number of hydrogen-bond acceptors (Lipinski definition) is 5. The van der Waals surface area contributed by atoms with Gasteiger partial charge in [-0.3, -0.25) is 19.4 Å². The molecule has 1 aliphatic carbocycles. The van der Waals surface area contributed by atoms with E-state index >= 15 is 0 Å². The highest BCUT2D eigenvalue weighted by atomic mass is 16.2. The Morgan fingerprint density at radius 3 is 2.59 bits per heavy atom. The number of aromatic nitrogens is 5. The van der Waals surface area contributed by atoms with Crippen molar-refractivity contribution in [2.24, 2.45) is 5.92 Å². The van der Waals surface area contributed by atoms with Crippen LogP contribution in [0.5, 0.6) is 0 Å². The number of benzene rings is 1. The third-order valence-corrected chi connectivity index (χ3v) is 5.62. The van der Waals surface area contributed by atoms with Gasteiger partial charge in [0.2, 0.25) is 0 Å². The molecule has 0 atom stereocenters. The molecule has 3 heterocycles. The van der Waals surface area contributed by atoms with Gasteiger partial charge in [0.1, 0.15) is 0 Å². The fourth-order valence-corrected chi connectivity index (χ4v) is 3.83. The lowest BCUT2D eigenvalue weighted by molar-refractivity contribution is 0.0681. The van der Waals surface area contributed by atoms with Gasteiger partial charge in [0.25, 0.3) is 5.91 Å². The Hall–Kier alpha value is -2.83. The van der Waals surface area contributed by atoms with Crippen LogP contribution in [-0.4, -0.2) is 48.9 Å². The van der Waals surface area contributed by atoms with Crippen molar-refractivity contribution in [1.82, 2.24) is 29.9 Å². The summed E-state index contributed by atoms with van der Waals surface area (Å²) < 4.78 is 1.98. The molecule has 1 aromatic carbocycles. The molecule has 3 aromatic rings. The van der Waals surface area contributed by atoms with E-state index < -0.39 is 0 Å². The van der Waals surface area contributed by atoms with Crippen LogP contribution in [0.2, 0.25) is 0 Å². The van der Waals surface area contributed by atoms with Crippen molar-refractivity contribution in [3.8, 4) is 0 Å². The molecule has 7 nitrogen and oxygen atoms in total. The van der Waals surface area contributed by atoms with Crippen molar-refractivity contribution in [3.05, 3.63) is 48.0 Å². The standard InChI is InChI=1S/C20H22N6O/c27-20(16-3-4-17-18(11-16)22-8-7-21-17)25-9-5-14(6-10-25)12-26-13-19(23-24-26)15-1-2-15/h3-4,7-8,11,13-15H,1-2,5-6,9-10,12H2. The molecule has 0 N–H and O–H groups in total. The number of rotatable bonds is 4. The van der Waals surface area contributed by atoms with E-state index in [-0.39, 0.29) is 5.91 Å². The topological polar surface area (TPSA) is 76.8 Å². The maximum absolute atomic E-state index is 12.8. The first-order chi connectivity index (χ1) is 13.3. The van der Waals surface area contributed by atoms with Crippen LogP contribution < -0.4 is 0 Å². The molecule has 0 bridgehead atoms. The van der Waals surface area contributed by atoms with Gasteiger partial charge in [-0.1, -0.05) is 5.21 Å². The Kier molecular flexibility index (Phi) is 4.07. The summed E-state index contributed by atoms with van der Waals surface area (Å²) in [5.74, 6) is 1.27. The van der Waals surface area contributed by atoms with Crippen molar-refractivity contribution in [2.45, 2.75) is 38.1 Å². The average molecular weight is 362 g/mol. The van der Waals surface area contributed by atoms with Crippen LogP contribution in [-0.2, 0) is 6.54 Å². The van der Waals surface area contributed by atoms with Gasteiger partial charge in [-0.2, -0.15) is 0 Å². The Morgan fingerprint density at radius 1 is 1.04 bits per heavy atom. The minimum Gasteiger partial charge on any atom is -0.339 e. The van der Waals surface area contributed by atoms with Crippen LogP contribution in [0.4, 0.5) is 0 Å². The van der Waals surface area contributed by atoms with E-state index in [2.05, 4.69) is 26.5 Å². The zero-order valence-corrected chi connectivity index (χ0v) is 15.2. The molecule has 1 saturated heterocycles. The highest BCUT2D eigenvalue weighted by molar-refractivity contribution is 5.97.